The van der Waals surface area contributed by atoms with Crippen molar-refractivity contribution in [3.8, 4) is 23.0 Å². The number of methoxy groups -OCH3 is 1. The molecular formula is C29H27N3O11S. The molecule has 15 heteroatoms. The van der Waals surface area contributed by atoms with Gasteiger partial charge in [0.05, 0.1) is 58.7 Å². The Balaban J connectivity index is 1.69. The molecule has 2 aromatic carbocycles. The van der Waals surface area contributed by atoms with Crippen molar-refractivity contribution in [3.05, 3.63) is 82.5 Å². The number of nitrogens with zero attached hydrogens (tertiary/aromatic N) is 3. The zero-order valence-corrected chi connectivity index (χ0v) is 24.9. The second-order valence-electron chi connectivity index (χ2n) is 9.33. The molecule has 0 saturated carbocycles. The Morgan fingerprint density at radius 3 is 2.57 bits per heavy atom. The predicted octanol–water partition coefficient (Wildman–Crippen LogP) is 2.39. The zero-order chi connectivity index (χ0) is 31.5. The smallest absolute Gasteiger partial charge is 0.343 e. The third-order valence-electron chi connectivity index (χ3n) is 6.68. The molecule has 0 spiro atoms. The molecule has 0 N–H and O–H groups in total. The molecular weight excluding hydrogens is 598 g/mol. The van der Waals surface area contributed by atoms with Crippen LogP contribution in [0.1, 0.15) is 37.9 Å². The van der Waals surface area contributed by atoms with Crippen molar-refractivity contribution in [2.75, 3.05) is 33.7 Å². The molecule has 1 aromatic heterocycles. The lowest BCUT2D eigenvalue weighted by atomic mass is 9.95. The number of ether oxygens (including phenoxy) is 6. The van der Waals surface area contributed by atoms with E-state index in [4.69, 9.17) is 23.7 Å². The average molecular weight is 626 g/mol. The van der Waals surface area contributed by atoms with Crippen LogP contribution in [0.15, 0.2) is 51.4 Å². The largest absolute Gasteiger partial charge is 0.490 e. The van der Waals surface area contributed by atoms with Crippen molar-refractivity contribution >= 4 is 35.0 Å². The van der Waals surface area contributed by atoms with Crippen LogP contribution >= 0.6 is 11.3 Å². The monoisotopic (exact) mass is 625 g/mol. The Morgan fingerprint density at radius 2 is 1.89 bits per heavy atom. The van der Waals surface area contributed by atoms with Gasteiger partial charge in [0, 0.05) is 0 Å². The highest BCUT2D eigenvalue weighted by molar-refractivity contribution is 7.07. The highest BCUT2D eigenvalue weighted by Gasteiger charge is 2.34. The lowest BCUT2D eigenvalue weighted by molar-refractivity contribution is -0.385. The standard InChI is InChI=1S/C29H27N3O11S/c1-5-39-20-9-16(7-8-19(20)41-13-24(33)38-4)26-25(28(35)40-6-2)15(3)30-29-31(26)27(34)23(44-29)11-17-10-21-22(43-14-42-21)12-18(17)32(36)37/h7-12,26H,5-6,13-14H2,1-4H3/b23-11+/t26-/m0/s1. The van der Waals surface area contributed by atoms with Crippen LogP contribution in [0.5, 0.6) is 23.0 Å². The number of rotatable bonds is 10. The van der Waals surface area contributed by atoms with Gasteiger partial charge >= 0.3 is 11.9 Å². The summed E-state index contributed by atoms with van der Waals surface area (Å²) in [6, 6.07) is 6.50. The summed E-state index contributed by atoms with van der Waals surface area (Å²) in [5, 5.41) is 11.8. The van der Waals surface area contributed by atoms with Crippen molar-refractivity contribution in [1.82, 2.24) is 4.57 Å². The lowest BCUT2D eigenvalue weighted by Gasteiger charge is -2.25. The second-order valence-corrected chi connectivity index (χ2v) is 10.3. The number of allylic oxidation sites excluding steroid dienone is 1. The SMILES string of the molecule is CCOC(=O)C1=C(C)N=c2s/c(=C/c3cc4c(cc3[N+](=O)[O-])OCO4)c(=O)n2[C@H]1c1ccc(OCC(=O)OC)c(OCC)c1. The molecule has 14 nitrogen and oxygen atoms in total. The van der Waals surface area contributed by atoms with Gasteiger partial charge < -0.3 is 28.4 Å². The third kappa shape index (κ3) is 5.73. The molecule has 230 valence electrons. The molecule has 0 amide bonds. The summed E-state index contributed by atoms with van der Waals surface area (Å²) >= 11 is 1.01. The molecule has 0 saturated heterocycles. The first kappa shape index (κ1) is 30.3. The molecule has 0 radical (unpaired) electrons. The molecule has 2 aliphatic heterocycles. The average Bonchev–Trinajstić information content (AvgIpc) is 3.58. The van der Waals surface area contributed by atoms with Gasteiger partial charge in [-0.2, -0.15) is 0 Å². The van der Waals surface area contributed by atoms with E-state index in [1.165, 1.54) is 29.9 Å². The van der Waals surface area contributed by atoms with Crippen LogP contribution in [0, 0.1) is 10.1 Å². The number of carbonyl (C=O) groups excluding carboxylic acids is 2. The van der Waals surface area contributed by atoms with Gasteiger partial charge in [0.15, 0.2) is 34.4 Å². The number of aromatic nitrogens is 1. The van der Waals surface area contributed by atoms with E-state index in [9.17, 15) is 24.5 Å². The van der Waals surface area contributed by atoms with E-state index in [-0.39, 0.29) is 70.0 Å². The maximum atomic E-state index is 14.0. The van der Waals surface area contributed by atoms with E-state index in [0.29, 0.717) is 17.0 Å². The van der Waals surface area contributed by atoms with Crippen molar-refractivity contribution in [2.24, 2.45) is 4.99 Å². The van der Waals surface area contributed by atoms with Gasteiger partial charge in [-0.1, -0.05) is 17.4 Å². The van der Waals surface area contributed by atoms with Crippen LogP contribution in [-0.2, 0) is 19.1 Å². The highest BCUT2D eigenvalue weighted by atomic mass is 32.1. The minimum atomic E-state index is -0.993. The summed E-state index contributed by atoms with van der Waals surface area (Å²) in [7, 11) is 1.24. The summed E-state index contributed by atoms with van der Waals surface area (Å²) in [5.74, 6) is -0.190. The first-order valence-electron chi connectivity index (χ1n) is 13.4. The Bertz CT molecular complexity index is 1880. The van der Waals surface area contributed by atoms with E-state index < -0.39 is 28.5 Å². The van der Waals surface area contributed by atoms with Gasteiger partial charge in [-0.25, -0.2) is 14.6 Å². The van der Waals surface area contributed by atoms with E-state index >= 15 is 0 Å². The molecule has 44 heavy (non-hydrogen) atoms. The highest BCUT2D eigenvalue weighted by Crippen LogP contribution is 2.39. The summed E-state index contributed by atoms with van der Waals surface area (Å²) in [6.07, 6.45) is 1.39. The maximum absolute atomic E-state index is 14.0. The minimum absolute atomic E-state index is 0.0791. The van der Waals surface area contributed by atoms with Crippen molar-refractivity contribution < 1.29 is 42.9 Å². The molecule has 0 unspecified atom stereocenters. The van der Waals surface area contributed by atoms with E-state index in [1.54, 1.807) is 39.0 Å². The number of nitro benzene ring substituents is 1. The Hall–Kier alpha value is -5.18. The minimum Gasteiger partial charge on any atom is -0.490 e. The Kier molecular flexibility index (Phi) is 8.66. The van der Waals surface area contributed by atoms with Crippen molar-refractivity contribution in [2.45, 2.75) is 26.8 Å². The van der Waals surface area contributed by atoms with Crippen LogP contribution in [0.4, 0.5) is 5.69 Å². The molecule has 2 aliphatic rings. The van der Waals surface area contributed by atoms with Crippen LogP contribution < -0.4 is 33.8 Å². The van der Waals surface area contributed by atoms with Gasteiger partial charge in [-0.3, -0.25) is 19.5 Å². The normalized spacial score (nSPS) is 15.4. The van der Waals surface area contributed by atoms with Crippen LogP contribution in [0.3, 0.4) is 0 Å². The number of hydrogen-bond donors (Lipinski definition) is 0. The zero-order valence-electron chi connectivity index (χ0n) is 24.1. The topological polar surface area (TPSA) is 167 Å². The summed E-state index contributed by atoms with van der Waals surface area (Å²) in [5.41, 5.74) is 0.254. The molecule has 3 aromatic rings. The van der Waals surface area contributed by atoms with Gasteiger partial charge in [0.2, 0.25) is 6.79 Å². The summed E-state index contributed by atoms with van der Waals surface area (Å²) in [6.45, 7) is 4.98. The maximum Gasteiger partial charge on any atom is 0.343 e. The van der Waals surface area contributed by atoms with Crippen LogP contribution in [0.2, 0.25) is 0 Å². The van der Waals surface area contributed by atoms with Crippen LogP contribution in [0.25, 0.3) is 6.08 Å². The number of nitro groups is 1. The second kappa shape index (κ2) is 12.6. The number of thiazole rings is 1. The molecule has 0 aliphatic carbocycles. The molecule has 0 bridgehead atoms. The summed E-state index contributed by atoms with van der Waals surface area (Å²) in [4.78, 5) is 55.0. The predicted molar refractivity (Wildman–Crippen MR) is 155 cm³/mol. The number of hydrogen-bond acceptors (Lipinski definition) is 13. The van der Waals surface area contributed by atoms with Crippen molar-refractivity contribution in [3.63, 3.8) is 0 Å². The Morgan fingerprint density at radius 1 is 1.14 bits per heavy atom. The molecule has 3 heterocycles. The number of carbonyl (C=O) groups is 2. The fraction of sp³-hybridized carbons (Fsp3) is 0.310. The quantitative estimate of drug-likeness (QED) is 0.184. The van der Waals surface area contributed by atoms with Gasteiger partial charge in [-0.05, 0) is 50.6 Å². The molecule has 5 rings (SSSR count). The fourth-order valence-electron chi connectivity index (χ4n) is 4.75. The lowest BCUT2D eigenvalue weighted by Crippen LogP contribution is -2.40. The van der Waals surface area contributed by atoms with E-state index in [0.717, 1.165) is 11.3 Å². The first-order chi connectivity index (χ1) is 21.2. The Labute approximate surface area is 253 Å². The number of fused-ring (bicyclic) bond motifs is 2. The first-order valence-corrected chi connectivity index (χ1v) is 14.2. The number of esters is 2. The fourth-order valence-corrected chi connectivity index (χ4v) is 5.78. The number of benzene rings is 2. The summed E-state index contributed by atoms with van der Waals surface area (Å²) < 4.78 is 33.5. The van der Waals surface area contributed by atoms with E-state index in [1.807, 2.05) is 0 Å². The molecule has 0 fully saturated rings. The molecule has 1 atom stereocenters. The van der Waals surface area contributed by atoms with E-state index in [2.05, 4.69) is 9.73 Å². The third-order valence-corrected chi connectivity index (χ3v) is 7.66. The van der Waals surface area contributed by atoms with Crippen molar-refractivity contribution in [1.29, 1.82) is 0 Å². The van der Waals surface area contributed by atoms with Gasteiger partial charge in [0.1, 0.15) is 0 Å². The van der Waals surface area contributed by atoms with Gasteiger partial charge in [-0.15, -0.1) is 0 Å². The van der Waals surface area contributed by atoms with Crippen LogP contribution in [-0.4, -0.2) is 55.2 Å². The van der Waals surface area contributed by atoms with Gasteiger partial charge in [0.25, 0.3) is 11.2 Å².